The van der Waals surface area contributed by atoms with Gasteiger partial charge in [0.2, 0.25) is 0 Å². The lowest BCUT2D eigenvalue weighted by molar-refractivity contribution is -0.384. The van der Waals surface area contributed by atoms with Gasteiger partial charge < -0.3 is 5.73 Å². The van der Waals surface area contributed by atoms with Crippen molar-refractivity contribution in [3.63, 3.8) is 0 Å². The third-order valence-corrected chi connectivity index (χ3v) is 2.06. The van der Waals surface area contributed by atoms with Gasteiger partial charge in [0.25, 0.3) is 5.69 Å². The number of benzene rings is 1. The third kappa shape index (κ3) is 1.81. The average molecular weight is 216 g/mol. The van der Waals surface area contributed by atoms with Crippen LogP contribution < -0.4 is 5.73 Å². The lowest BCUT2D eigenvalue weighted by Gasteiger charge is -2.02. The quantitative estimate of drug-likeness (QED) is 0.608. The fourth-order valence-corrected chi connectivity index (χ4v) is 1.34. The summed E-state index contributed by atoms with van der Waals surface area (Å²) in [5.74, 6) is 0.253. The minimum absolute atomic E-state index is 0.00236. The monoisotopic (exact) mass is 216 g/mol. The summed E-state index contributed by atoms with van der Waals surface area (Å²) in [7, 11) is 0. The molecule has 0 radical (unpaired) electrons. The molecule has 0 spiro atoms. The van der Waals surface area contributed by atoms with Crippen molar-refractivity contribution in [3.8, 4) is 11.3 Å². The Bertz CT molecular complexity index is 542. The third-order valence-electron chi connectivity index (χ3n) is 2.06. The number of anilines is 1. The first-order valence-electron chi connectivity index (χ1n) is 4.50. The van der Waals surface area contributed by atoms with Crippen LogP contribution in [0.25, 0.3) is 11.3 Å². The Morgan fingerprint density at radius 2 is 2.00 bits per heavy atom. The van der Waals surface area contributed by atoms with Crippen LogP contribution in [0.1, 0.15) is 0 Å². The first-order valence-corrected chi connectivity index (χ1v) is 4.50. The molecule has 2 rings (SSSR count). The Labute approximate surface area is 90.9 Å². The van der Waals surface area contributed by atoms with Crippen LogP contribution in [0.4, 0.5) is 11.5 Å². The molecule has 1 aromatic carbocycles. The summed E-state index contributed by atoms with van der Waals surface area (Å²) >= 11 is 0. The van der Waals surface area contributed by atoms with Gasteiger partial charge in [0, 0.05) is 30.1 Å². The van der Waals surface area contributed by atoms with Crippen molar-refractivity contribution in [2.24, 2.45) is 0 Å². The summed E-state index contributed by atoms with van der Waals surface area (Å²) in [6, 6.07) is 6.12. The molecule has 0 aliphatic rings. The summed E-state index contributed by atoms with van der Waals surface area (Å²) in [6.45, 7) is 0. The number of nitrogen functional groups attached to an aromatic ring is 1. The SMILES string of the molecule is Nc1nccnc1-c1cccc([N+](=O)[O-])c1. The fraction of sp³-hybridized carbons (Fsp3) is 0. The second-order valence-corrected chi connectivity index (χ2v) is 3.10. The van der Waals surface area contributed by atoms with E-state index >= 15 is 0 Å². The van der Waals surface area contributed by atoms with Gasteiger partial charge in [-0.1, -0.05) is 12.1 Å². The minimum Gasteiger partial charge on any atom is -0.382 e. The molecule has 0 amide bonds. The molecule has 1 aromatic heterocycles. The Morgan fingerprint density at radius 3 is 2.69 bits per heavy atom. The van der Waals surface area contributed by atoms with Crippen LogP contribution in [0.15, 0.2) is 36.7 Å². The average Bonchev–Trinajstić information content (AvgIpc) is 2.30. The molecule has 1 heterocycles. The standard InChI is InChI=1S/C10H8N4O2/c11-10-9(12-4-5-13-10)7-2-1-3-8(6-7)14(15)16/h1-6H,(H2,11,13). The van der Waals surface area contributed by atoms with E-state index in [4.69, 9.17) is 5.73 Å². The Kier molecular flexibility index (Phi) is 2.47. The number of non-ortho nitro benzene ring substituents is 1. The van der Waals surface area contributed by atoms with E-state index in [1.54, 1.807) is 12.1 Å². The zero-order valence-electron chi connectivity index (χ0n) is 8.20. The molecule has 6 heteroatoms. The zero-order valence-corrected chi connectivity index (χ0v) is 8.20. The van der Waals surface area contributed by atoms with Gasteiger partial charge in [-0.3, -0.25) is 15.1 Å². The van der Waals surface area contributed by atoms with Gasteiger partial charge in [-0.15, -0.1) is 0 Å². The number of nitro benzene ring substituents is 1. The lowest BCUT2D eigenvalue weighted by atomic mass is 10.1. The maximum absolute atomic E-state index is 10.6. The van der Waals surface area contributed by atoms with Crippen molar-refractivity contribution >= 4 is 11.5 Å². The zero-order chi connectivity index (χ0) is 11.5. The van der Waals surface area contributed by atoms with E-state index in [0.717, 1.165) is 0 Å². The first kappa shape index (κ1) is 10.0. The fourth-order valence-electron chi connectivity index (χ4n) is 1.34. The molecule has 0 bridgehead atoms. The van der Waals surface area contributed by atoms with E-state index in [1.807, 2.05) is 0 Å². The topological polar surface area (TPSA) is 94.9 Å². The molecule has 0 unspecified atom stereocenters. The molecular formula is C10H8N4O2. The second kappa shape index (κ2) is 3.93. The van der Waals surface area contributed by atoms with Crippen LogP contribution in [-0.2, 0) is 0 Å². The molecular weight excluding hydrogens is 208 g/mol. The van der Waals surface area contributed by atoms with Crippen molar-refractivity contribution < 1.29 is 4.92 Å². The van der Waals surface area contributed by atoms with E-state index in [1.165, 1.54) is 24.5 Å². The molecule has 0 aliphatic carbocycles. The highest BCUT2D eigenvalue weighted by atomic mass is 16.6. The van der Waals surface area contributed by atoms with Crippen LogP contribution in [-0.4, -0.2) is 14.9 Å². The molecule has 6 nitrogen and oxygen atoms in total. The van der Waals surface area contributed by atoms with Gasteiger partial charge in [-0.25, -0.2) is 4.98 Å². The number of nitro groups is 1. The van der Waals surface area contributed by atoms with E-state index in [9.17, 15) is 10.1 Å². The maximum atomic E-state index is 10.6. The van der Waals surface area contributed by atoms with Crippen molar-refractivity contribution in [3.05, 3.63) is 46.8 Å². The van der Waals surface area contributed by atoms with Crippen molar-refractivity contribution in [1.82, 2.24) is 9.97 Å². The van der Waals surface area contributed by atoms with Gasteiger partial charge in [-0.05, 0) is 0 Å². The van der Waals surface area contributed by atoms with Crippen LogP contribution in [0.3, 0.4) is 0 Å². The smallest absolute Gasteiger partial charge is 0.270 e. The van der Waals surface area contributed by atoms with Gasteiger partial charge in [0.1, 0.15) is 11.5 Å². The van der Waals surface area contributed by atoms with Crippen molar-refractivity contribution in [2.45, 2.75) is 0 Å². The Balaban J connectivity index is 2.53. The predicted octanol–water partition coefficient (Wildman–Crippen LogP) is 1.63. The van der Waals surface area contributed by atoms with Crippen LogP contribution in [0.5, 0.6) is 0 Å². The number of rotatable bonds is 2. The Morgan fingerprint density at radius 1 is 1.25 bits per heavy atom. The summed E-state index contributed by atoms with van der Waals surface area (Å²) in [5.41, 5.74) is 6.67. The number of nitrogens with two attached hydrogens (primary N) is 1. The second-order valence-electron chi connectivity index (χ2n) is 3.10. The van der Waals surface area contributed by atoms with E-state index in [2.05, 4.69) is 9.97 Å². The van der Waals surface area contributed by atoms with Gasteiger partial charge in [0.15, 0.2) is 0 Å². The number of hydrogen-bond donors (Lipinski definition) is 1. The maximum Gasteiger partial charge on any atom is 0.270 e. The number of nitrogens with zero attached hydrogens (tertiary/aromatic N) is 3. The van der Waals surface area contributed by atoms with Crippen molar-refractivity contribution in [2.75, 3.05) is 5.73 Å². The van der Waals surface area contributed by atoms with E-state index in [0.29, 0.717) is 11.3 Å². The predicted molar refractivity (Wildman–Crippen MR) is 58.5 cm³/mol. The largest absolute Gasteiger partial charge is 0.382 e. The van der Waals surface area contributed by atoms with Gasteiger partial charge in [0.05, 0.1) is 4.92 Å². The first-order chi connectivity index (χ1) is 7.68. The summed E-state index contributed by atoms with van der Waals surface area (Å²) < 4.78 is 0. The normalized spacial score (nSPS) is 10.0. The van der Waals surface area contributed by atoms with Crippen molar-refractivity contribution in [1.29, 1.82) is 0 Å². The lowest BCUT2D eigenvalue weighted by Crippen LogP contribution is -1.96. The molecule has 16 heavy (non-hydrogen) atoms. The van der Waals surface area contributed by atoms with Crippen LogP contribution >= 0.6 is 0 Å². The molecule has 0 fully saturated rings. The Hall–Kier alpha value is -2.50. The molecule has 0 saturated carbocycles. The number of aromatic nitrogens is 2. The van der Waals surface area contributed by atoms with E-state index in [-0.39, 0.29) is 11.5 Å². The summed E-state index contributed by atoms with van der Waals surface area (Å²) in [4.78, 5) is 18.1. The molecule has 0 saturated heterocycles. The molecule has 0 aliphatic heterocycles. The highest BCUT2D eigenvalue weighted by molar-refractivity contribution is 5.71. The van der Waals surface area contributed by atoms with Crippen LogP contribution in [0.2, 0.25) is 0 Å². The van der Waals surface area contributed by atoms with Gasteiger partial charge in [-0.2, -0.15) is 0 Å². The molecule has 0 atom stereocenters. The highest BCUT2D eigenvalue weighted by Crippen LogP contribution is 2.24. The summed E-state index contributed by atoms with van der Waals surface area (Å²) in [5, 5.41) is 10.6. The minimum atomic E-state index is -0.462. The molecule has 2 N–H and O–H groups in total. The van der Waals surface area contributed by atoms with Crippen LogP contribution in [0, 0.1) is 10.1 Å². The highest BCUT2D eigenvalue weighted by Gasteiger charge is 2.10. The number of hydrogen-bond acceptors (Lipinski definition) is 5. The molecule has 80 valence electrons. The van der Waals surface area contributed by atoms with E-state index < -0.39 is 4.92 Å². The summed E-state index contributed by atoms with van der Waals surface area (Å²) in [6.07, 6.45) is 2.96. The molecule has 2 aromatic rings. The van der Waals surface area contributed by atoms with Gasteiger partial charge >= 0.3 is 0 Å².